The van der Waals surface area contributed by atoms with Crippen molar-refractivity contribution in [3.8, 4) is 0 Å². The zero-order valence-corrected chi connectivity index (χ0v) is 17.1. The smallest absolute Gasteiger partial charge is 0.0153 e. The first-order chi connectivity index (χ1) is 12.2. The monoisotopic (exact) mass is 346 g/mol. The van der Waals surface area contributed by atoms with Crippen molar-refractivity contribution in [2.75, 3.05) is 6.54 Å². The topological polar surface area (TPSA) is 24.1 Å². The number of allylic oxidation sites excluding steroid dienone is 4. The zero-order chi connectivity index (χ0) is 18.2. The molecule has 1 rings (SSSR count). The van der Waals surface area contributed by atoms with E-state index in [1.165, 1.54) is 76.2 Å². The Morgan fingerprint density at radius 2 is 1.56 bits per heavy atom. The summed E-state index contributed by atoms with van der Waals surface area (Å²) in [6.45, 7) is 8.17. The van der Waals surface area contributed by atoms with E-state index in [0.29, 0.717) is 5.54 Å². The van der Waals surface area contributed by atoms with Gasteiger partial charge in [-0.25, -0.2) is 0 Å². The van der Waals surface area contributed by atoms with Gasteiger partial charge in [-0.15, -0.1) is 0 Å². The van der Waals surface area contributed by atoms with Crippen molar-refractivity contribution in [1.29, 1.82) is 0 Å². The van der Waals surface area contributed by atoms with Crippen LogP contribution >= 0.6 is 0 Å². The van der Waals surface area contributed by atoms with E-state index in [4.69, 9.17) is 0 Å². The summed E-state index contributed by atoms with van der Waals surface area (Å²) in [5.74, 6) is 0. The predicted octanol–water partition coefficient (Wildman–Crippen LogP) is 6.61. The molecule has 0 aromatic carbocycles. The van der Waals surface area contributed by atoms with E-state index < -0.39 is 0 Å². The van der Waals surface area contributed by atoms with E-state index in [-0.39, 0.29) is 0 Å². The fraction of sp³-hybridized carbons (Fsp3) is 0.739. The third-order valence-electron chi connectivity index (χ3n) is 5.24. The molecule has 1 aliphatic rings. The van der Waals surface area contributed by atoms with E-state index in [0.717, 1.165) is 13.0 Å². The summed E-state index contributed by atoms with van der Waals surface area (Å²) < 4.78 is 0. The molecule has 0 aromatic heterocycles. The van der Waals surface area contributed by atoms with Crippen LogP contribution in [0.5, 0.6) is 0 Å². The van der Waals surface area contributed by atoms with Crippen LogP contribution in [0.4, 0.5) is 0 Å². The maximum Gasteiger partial charge on any atom is 0.0153 e. The Balaban J connectivity index is 2.33. The van der Waals surface area contributed by atoms with Crippen LogP contribution in [0.3, 0.4) is 0 Å². The first-order valence-electron chi connectivity index (χ1n) is 10.7. The summed E-state index contributed by atoms with van der Waals surface area (Å²) in [6, 6.07) is 0. The summed E-state index contributed by atoms with van der Waals surface area (Å²) in [5.41, 5.74) is 1.72. The van der Waals surface area contributed by atoms with Gasteiger partial charge in [0, 0.05) is 17.9 Å². The minimum Gasteiger partial charge on any atom is -0.367 e. The van der Waals surface area contributed by atoms with Gasteiger partial charge in [-0.05, 0) is 50.8 Å². The molecule has 0 spiro atoms. The van der Waals surface area contributed by atoms with Gasteiger partial charge in [0.2, 0.25) is 0 Å². The van der Waals surface area contributed by atoms with Crippen molar-refractivity contribution in [3.05, 3.63) is 36.2 Å². The molecule has 0 saturated carbocycles. The second kappa shape index (κ2) is 14.2. The highest BCUT2D eigenvalue weighted by Crippen LogP contribution is 2.23. The molecule has 0 radical (unpaired) electrons. The number of rotatable bonds is 15. The van der Waals surface area contributed by atoms with Crippen molar-refractivity contribution in [2.45, 2.75) is 103 Å². The van der Waals surface area contributed by atoms with Crippen LogP contribution in [0.15, 0.2) is 36.2 Å². The molecule has 2 nitrogen and oxygen atoms in total. The minimum atomic E-state index is 0.328. The molecule has 0 saturated heterocycles. The highest BCUT2D eigenvalue weighted by Gasteiger charge is 2.22. The highest BCUT2D eigenvalue weighted by atomic mass is 15.0. The second-order valence-electron chi connectivity index (χ2n) is 7.82. The minimum absolute atomic E-state index is 0.328. The quantitative estimate of drug-likeness (QED) is 0.326. The van der Waals surface area contributed by atoms with Crippen molar-refractivity contribution in [3.63, 3.8) is 0 Å². The molecule has 0 bridgehead atoms. The lowest BCUT2D eigenvalue weighted by Crippen LogP contribution is -2.42. The molecule has 2 heteroatoms. The molecule has 0 amide bonds. The first-order valence-corrected chi connectivity index (χ1v) is 10.7. The van der Waals surface area contributed by atoms with Crippen molar-refractivity contribution in [2.24, 2.45) is 0 Å². The Kier molecular flexibility index (Phi) is 12.5. The lowest BCUT2D eigenvalue weighted by molar-refractivity contribution is 0.286. The molecule has 0 aromatic rings. The van der Waals surface area contributed by atoms with Crippen LogP contribution in [-0.2, 0) is 0 Å². The SMILES string of the molecule is CCCCCCC(C)(CCCCCC)NCCCC1=CNC=CC=C1. The van der Waals surface area contributed by atoms with E-state index in [1.807, 2.05) is 12.3 Å². The lowest BCUT2D eigenvalue weighted by Gasteiger charge is -2.32. The number of hydrogen-bond donors (Lipinski definition) is 2. The Bertz CT molecular complexity index is 394. The van der Waals surface area contributed by atoms with Gasteiger partial charge in [-0.2, -0.15) is 0 Å². The molecule has 0 aliphatic carbocycles. The van der Waals surface area contributed by atoms with Gasteiger partial charge in [-0.1, -0.05) is 77.4 Å². The molecule has 2 N–H and O–H groups in total. The average molecular weight is 347 g/mol. The number of nitrogens with one attached hydrogen (secondary N) is 2. The lowest BCUT2D eigenvalue weighted by atomic mass is 9.88. The van der Waals surface area contributed by atoms with Gasteiger partial charge in [0.05, 0.1) is 0 Å². The summed E-state index contributed by atoms with van der Waals surface area (Å²) >= 11 is 0. The maximum atomic E-state index is 3.92. The van der Waals surface area contributed by atoms with Crippen molar-refractivity contribution in [1.82, 2.24) is 10.6 Å². The highest BCUT2D eigenvalue weighted by molar-refractivity contribution is 5.24. The molecule has 25 heavy (non-hydrogen) atoms. The Labute approximate surface area is 157 Å². The van der Waals surface area contributed by atoms with E-state index in [9.17, 15) is 0 Å². The van der Waals surface area contributed by atoms with Crippen LogP contribution in [-0.4, -0.2) is 12.1 Å². The third-order valence-corrected chi connectivity index (χ3v) is 5.24. The molecule has 1 heterocycles. The predicted molar refractivity (Wildman–Crippen MR) is 113 cm³/mol. The summed E-state index contributed by atoms with van der Waals surface area (Å²) in [7, 11) is 0. The first kappa shape index (κ1) is 22.0. The Morgan fingerprint density at radius 1 is 0.880 bits per heavy atom. The molecule has 1 aliphatic heterocycles. The summed E-state index contributed by atoms with van der Waals surface area (Å²) in [4.78, 5) is 0. The van der Waals surface area contributed by atoms with E-state index in [2.05, 4.69) is 49.8 Å². The largest absolute Gasteiger partial charge is 0.367 e. The molecule has 0 fully saturated rings. The second-order valence-corrected chi connectivity index (χ2v) is 7.82. The zero-order valence-electron chi connectivity index (χ0n) is 17.1. The Morgan fingerprint density at radius 3 is 2.20 bits per heavy atom. The van der Waals surface area contributed by atoms with Gasteiger partial charge < -0.3 is 10.6 Å². The van der Waals surface area contributed by atoms with Crippen LogP contribution in [0.25, 0.3) is 0 Å². The summed E-state index contributed by atoms with van der Waals surface area (Å²) in [6.07, 6.45) is 26.4. The fourth-order valence-corrected chi connectivity index (χ4v) is 3.52. The Hall–Kier alpha value is -1.02. The van der Waals surface area contributed by atoms with Gasteiger partial charge in [0.25, 0.3) is 0 Å². The van der Waals surface area contributed by atoms with Crippen molar-refractivity contribution < 1.29 is 0 Å². The summed E-state index contributed by atoms with van der Waals surface area (Å²) in [5, 5.41) is 7.13. The van der Waals surface area contributed by atoms with E-state index >= 15 is 0 Å². The van der Waals surface area contributed by atoms with Crippen LogP contribution in [0.2, 0.25) is 0 Å². The molecule has 0 atom stereocenters. The molecule has 0 unspecified atom stereocenters. The van der Waals surface area contributed by atoms with Gasteiger partial charge in [0.1, 0.15) is 0 Å². The van der Waals surface area contributed by atoms with Gasteiger partial charge in [0.15, 0.2) is 0 Å². The molecular weight excluding hydrogens is 304 g/mol. The molecule has 144 valence electrons. The van der Waals surface area contributed by atoms with Crippen molar-refractivity contribution >= 4 is 0 Å². The van der Waals surface area contributed by atoms with Crippen LogP contribution in [0.1, 0.15) is 97.8 Å². The number of hydrogen-bond acceptors (Lipinski definition) is 2. The van der Waals surface area contributed by atoms with Crippen LogP contribution < -0.4 is 10.6 Å². The van der Waals surface area contributed by atoms with Gasteiger partial charge >= 0.3 is 0 Å². The fourth-order valence-electron chi connectivity index (χ4n) is 3.52. The van der Waals surface area contributed by atoms with E-state index in [1.54, 1.807) is 0 Å². The van der Waals surface area contributed by atoms with Crippen LogP contribution in [0, 0.1) is 0 Å². The van der Waals surface area contributed by atoms with Gasteiger partial charge in [-0.3, -0.25) is 0 Å². The molecular formula is C23H42N2. The third kappa shape index (κ3) is 11.3. The maximum absolute atomic E-state index is 3.92. The standard InChI is InChI=1S/C23H42N2/c1-4-6-8-11-17-23(3,18-12-9-7-5-2)25-20-14-16-22-15-10-13-19-24-21-22/h10,13,15,19,21,24-25H,4-9,11-12,14,16-18,20H2,1-3H3. The normalized spacial score (nSPS) is 14.3. The average Bonchev–Trinajstić information content (AvgIpc) is 2.89. The number of unbranched alkanes of at least 4 members (excludes halogenated alkanes) is 6.